The second-order valence-corrected chi connectivity index (χ2v) is 3.42. The van der Waals surface area contributed by atoms with Crippen molar-refractivity contribution in [3.05, 3.63) is 17.8 Å². The molecule has 2 N–H and O–H groups in total. The summed E-state index contributed by atoms with van der Waals surface area (Å²) in [5.74, 6) is -0.0449. The average Bonchev–Trinajstić information content (AvgIpc) is 2.48. The summed E-state index contributed by atoms with van der Waals surface area (Å²) >= 11 is 4.69. The van der Waals surface area contributed by atoms with Gasteiger partial charge in [0.15, 0.2) is 6.39 Å². The van der Waals surface area contributed by atoms with E-state index in [1.165, 1.54) is 11.3 Å². The zero-order valence-electron chi connectivity index (χ0n) is 7.98. The topological polar surface area (TPSA) is 72.4 Å². The van der Waals surface area contributed by atoms with Gasteiger partial charge >= 0.3 is 0 Å². The van der Waals surface area contributed by atoms with Crippen LogP contribution in [0.1, 0.15) is 16.2 Å². The highest BCUT2D eigenvalue weighted by atomic mass is 32.1. The standard InChI is InChI=1S/C8H11N3O2S/c1-5-7(13-4-10-5)8(12)11(2)3-6(9)14/h4H,3H2,1-2H3,(H2,9,14). The molecule has 6 heteroatoms. The van der Waals surface area contributed by atoms with Crippen LogP contribution in [0.25, 0.3) is 0 Å². The van der Waals surface area contributed by atoms with Gasteiger partial charge in [-0.05, 0) is 6.92 Å². The Labute approximate surface area is 86.9 Å². The summed E-state index contributed by atoms with van der Waals surface area (Å²) in [6.07, 6.45) is 1.23. The van der Waals surface area contributed by atoms with Gasteiger partial charge in [-0.2, -0.15) is 0 Å². The normalized spacial score (nSPS) is 9.86. The van der Waals surface area contributed by atoms with Crippen molar-refractivity contribution in [2.75, 3.05) is 13.6 Å². The maximum absolute atomic E-state index is 11.6. The molecule has 0 saturated carbocycles. The van der Waals surface area contributed by atoms with Crippen molar-refractivity contribution < 1.29 is 9.21 Å². The smallest absolute Gasteiger partial charge is 0.291 e. The van der Waals surface area contributed by atoms with Gasteiger partial charge in [-0.1, -0.05) is 12.2 Å². The molecule has 5 nitrogen and oxygen atoms in total. The monoisotopic (exact) mass is 213 g/mol. The van der Waals surface area contributed by atoms with Crippen LogP contribution in [0.2, 0.25) is 0 Å². The van der Waals surface area contributed by atoms with Crippen molar-refractivity contribution in [1.29, 1.82) is 0 Å². The summed E-state index contributed by atoms with van der Waals surface area (Å²) in [5.41, 5.74) is 5.87. The number of carbonyl (C=O) groups is 1. The zero-order chi connectivity index (χ0) is 10.7. The summed E-state index contributed by atoms with van der Waals surface area (Å²) in [7, 11) is 1.60. The highest BCUT2D eigenvalue weighted by Gasteiger charge is 2.18. The molecule has 0 unspecified atom stereocenters. The van der Waals surface area contributed by atoms with Crippen LogP contribution in [-0.2, 0) is 0 Å². The average molecular weight is 213 g/mol. The molecule has 0 fully saturated rings. The lowest BCUT2D eigenvalue weighted by Gasteiger charge is -2.14. The van der Waals surface area contributed by atoms with Crippen molar-refractivity contribution in [2.45, 2.75) is 6.92 Å². The Balaban J connectivity index is 2.76. The Morgan fingerprint density at radius 3 is 2.86 bits per heavy atom. The highest BCUT2D eigenvalue weighted by Crippen LogP contribution is 2.07. The van der Waals surface area contributed by atoms with Gasteiger partial charge in [-0.15, -0.1) is 0 Å². The number of aryl methyl sites for hydroxylation is 1. The zero-order valence-corrected chi connectivity index (χ0v) is 8.80. The van der Waals surface area contributed by atoms with Crippen molar-refractivity contribution in [1.82, 2.24) is 9.88 Å². The van der Waals surface area contributed by atoms with Crippen molar-refractivity contribution >= 4 is 23.1 Å². The molecule has 0 aliphatic carbocycles. The van der Waals surface area contributed by atoms with Crippen LogP contribution in [0.3, 0.4) is 0 Å². The van der Waals surface area contributed by atoms with Crippen LogP contribution < -0.4 is 5.73 Å². The molecule has 1 heterocycles. The van der Waals surface area contributed by atoms with Crippen LogP contribution in [0.15, 0.2) is 10.8 Å². The molecule has 14 heavy (non-hydrogen) atoms. The summed E-state index contributed by atoms with van der Waals surface area (Å²) in [6.45, 7) is 1.93. The molecule has 0 aliphatic rings. The largest absolute Gasteiger partial charge is 0.438 e. The van der Waals surface area contributed by atoms with Crippen molar-refractivity contribution in [3.63, 3.8) is 0 Å². The van der Waals surface area contributed by atoms with E-state index < -0.39 is 0 Å². The molecule has 1 aromatic heterocycles. The predicted molar refractivity (Wildman–Crippen MR) is 55.0 cm³/mol. The quantitative estimate of drug-likeness (QED) is 0.733. The molecule has 1 amide bonds. The lowest BCUT2D eigenvalue weighted by atomic mass is 10.3. The Hall–Kier alpha value is -1.43. The first-order valence-electron chi connectivity index (χ1n) is 3.96. The van der Waals surface area contributed by atoms with E-state index in [4.69, 9.17) is 22.4 Å². The molecular formula is C8H11N3O2S. The Morgan fingerprint density at radius 2 is 2.43 bits per heavy atom. The molecule has 0 aromatic carbocycles. The van der Waals surface area contributed by atoms with Gasteiger partial charge in [0, 0.05) is 7.05 Å². The maximum atomic E-state index is 11.6. The molecule has 76 valence electrons. The van der Waals surface area contributed by atoms with E-state index in [0.717, 1.165) is 0 Å². The fourth-order valence-corrected chi connectivity index (χ4v) is 1.18. The van der Waals surface area contributed by atoms with Crippen molar-refractivity contribution in [3.8, 4) is 0 Å². The third-order valence-corrected chi connectivity index (χ3v) is 1.81. The Kier molecular flexibility index (Phi) is 3.19. The van der Waals surface area contributed by atoms with Crippen molar-refractivity contribution in [2.24, 2.45) is 5.73 Å². The van der Waals surface area contributed by atoms with E-state index in [9.17, 15) is 4.79 Å². The minimum atomic E-state index is -0.271. The summed E-state index contributed by atoms with van der Waals surface area (Å²) in [5, 5.41) is 0. The fourth-order valence-electron chi connectivity index (χ4n) is 0.986. The Morgan fingerprint density at radius 1 is 1.79 bits per heavy atom. The predicted octanol–water partition coefficient (Wildman–Crippen LogP) is 0.341. The number of thiocarbonyl (C=S) groups is 1. The number of aromatic nitrogens is 1. The lowest BCUT2D eigenvalue weighted by Crippen LogP contribution is -2.34. The first-order chi connectivity index (χ1) is 6.52. The molecule has 1 aromatic rings. The second kappa shape index (κ2) is 4.19. The molecule has 0 spiro atoms. The highest BCUT2D eigenvalue weighted by molar-refractivity contribution is 7.80. The van der Waals surface area contributed by atoms with E-state index in [-0.39, 0.29) is 23.2 Å². The molecule has 0 bridgehead atoms. The minimum absolute atomic E-state index is 0.226. The number of oxazole rings is 1. The summed E-state index contributed by atoms with van der Waals surface area (Å²) in [6, 6.07) is 0. The molecule has 0 radical (unpaired) electrons. The molecular weight excluding hydrogens is 202 g/mol. The van der Waals surface area contributed by atoms with Gasteiger partial charge in [-0.25, -0.2) is 4.98 Å². The molecule has 0 aliphatic heterocycles. The van der Waals surface area contributed by atoms with E-state index in [0.29, 0.717) is 5.69 Å². The van der Waals surface area contributed by atoms with E-state index in [2.05, 4.69) is 4.98 Å². The number of hydrogen-bond donors (Lipinski definition) is 1. The number of nitrogens with two attached hydrogens (primary N) is 1. The minimum Gasteiger partial charge on any atom is -0.438 e. The maximum Gasteiger partial charge on any atom is 0.291 e. The number of rotatable bonds is 3. The van der Waals surface area contributed by atoms with Gasteiger partial charge in [0.25, 0.3) is 5.91 Å². The number of amides is 1. The Bertz CT molecular complexity index is 361. The van der Waals surface area contributed by atoms with Crippen LogP contribution in [0.4, 0.5) is 0 Å². The SMILES string of the molecule is Cc1ncoc1C(=O)N(C)CC(N)=S. The van der Waals surface area contributed by atoms with E-state index >= 15 is 0 Å². The second-order valence-electron chi connectivity index (χ2n) is 2.89. The van der Waals surface area contributed by atoms with E-state index in [1.807, 2.05) is 0 Å². The van der Waals surface area contributed by atoms with Crippen LogP contribution in [0, 0.1) is 6.92 Å². The molecule has 0 saturated heterocycles. The third-order valence-electron chi connectivity index (χ3n) is 1.68. The molecule has 1 rings (SSSR count). The number of nitrogens with zero attached hydrogens (tertiary/aromatic N) is 2. The lowest BCUT2D eigenvalue weighted by molar-refractivity contribution is 0.0783. The van der Waals surface area contributed by atoms with Gasteiger partial charge in [-0.3, -0.25) is 4.79 Å². The fraction of sp³-hybridized carbons (Fsp3) is 0.375. The molecule has 0 atom stereocenters. The van der Waals surface area contributed by atoms with Crippen LogP contribution in [0.5, 0.6) is 0 Å². The van der Waals surface area contributed by atoms with Crippen LogP contribution >= 0.6 is 12.2 Å². The first-order valence-corrected chi connectivity index (χ1v) is 4.37. The van der Waals surface area contributed by atoms with Gasteiger partial charge < -0.3 is 15.1 Å². The van der Waals surface area contributed by atoms with Gasteiger partial charge in [0.2, 0.25) is 5.76 Å². The number of hydrogen-bond acceptors (Lipinski definition) is 4. The summed E-state index contributed by atoms with van der Waals surface area (Å²) in [4.78, 5) is 17.1. The van der Waals surface area contributed by atoms with Gasteiger partial charge in [0.1, 0.15) is 0 Å². The third kappa shape index (κ3) is 2.29. The van der Waals surface area contributed by atoms with Gasteiger partial charge in [0.05, 0.1) is 17.2 Å². The van der Waals surface area contributed by atoms with E-state index in [1.54, 1.807) is 14.0 Å². The first kappa shape index (κ1) is 10.6. The number of carbonyl (C=O) groups excluding carboxylic acids is 1. The van der Waals surface area contributed by atoms with Crippen LogP contribution in [-0.4, -0.2) is 34.4 Å². The number of likely N-dealkylation sites (N-methyl/N-ethyl adjacent to an activating group) is 1. The summed E-state index contributed by atoms with van der Waals surface area (Å²) < 4.78 is 4.94.